The zero-order chi connectivity index (χ0) is 13.1. The first kappa shape index (κ1) is 14.1. The van der Waals surface area contributed by atoms with E-state index in [0.29, 0.717) is 11.2 Å². The maximum Gasteiger partial charge on any atom is 0.143 e. The Kier molecular flexibility index (Phi) is 4.87. The van der Waals surface area contributed by atoms with Crippen LogP contribution in [0.4, 0.5) is 5.69 Å². The summed E-state index contributed by atoms with van der Waals surface area (Å²) in [6.07, 6.45) is 4.30. The van der Waals surface area contributed by atoms with E-state index in [1.807, 2.05) is 6.07 Å². The summed E-state index contributed by atoms with van der Waals surface area (Å²) in [5.74, 6) is 0.732. The Morgan fingerprint density at radius 2 is 2.17 bits per heavy atom. The highest BCUT2D eigenvalue weighted by atomic mass is 79.9. The van der Waals surface area contributed by atoms with Gasteiger partial charge >= 0.3 is 0 Å². The van der Waals surface area contributed by atoms with Gasteiger partial charge in [0.1, 0.15) is 5.15 Å². The van der Waals surface area contributed by atoms with E-state index in [2.05, 4.69) is 45.1 Å². The van der Waals surface area contributed by atoms with Crippen LogP contribution in [0.1, 0.15) is 19.8 Å². The summed E-state index contributed by atoms with van der Waals surface area (Å²) in [5.41, 5.74) is 1.03. The lowest BCUT2D eigenvalue weighted by Gasteiger charge is -2.33. The second kappa shape index (κ2) is 6.22. The largest absolute Gasteiger partial charge is 0.381 e. The Bertz CT molecular complexity index is 405. The molecule has 1 atom stereocenters. The van der Waals surface area contributed by atoms with Gasteiger partial charge in [0.15, 0.2) is 0 Å². The predicted octanol–water partition coefficient (Wildman–Crippen LogP) is 3.64. The number of pyridine rings is 1. The third kappa shape index (κ3) is 3.59. The normalized spacial score (nSPS) is 19.8. The molecule has 2 heterocycles. The fourth-order valence-electron chi connectivity index (χ4n) is 2.41. The van der Waals surface area contributed by atoms with E-state index in [4.69, 9.17) is 11.6 Å². The van der Waals surface area contributed by atoms with Crippen LogP contribution in [0.3, 0.4) is 0 Å². The molecule has 0 amide bonds. The lowest BCUT2D eigenvalue weighted by molar-refractivity contribution is 0.208. The molecule has 3 nitrogen and oxygen atoms in total. The van der Waals surface area contributed by atoms with Gasteiger partial charge in [0.05, 0.1) is 16.4 Å². The maximum absolute atomic E-state index is 5.89. The van der Waals surface area contributed by atoms with Crippen molar-refractivity contribution in [3.05, 3.63) is 21.9 Å². The molecule has 1 aliphatic heterocycles. The molecule has 0 bridgehead atoms. The molecule has 1 saturated heterocycles. The van der Waals surface area contributed by atoms with Gasteiger partial charge < -0.3 is 10.2 Å². The standard InChI is InChI=1S/C13H19BrClN3/c1-9(10-3-5-18(2)6-4-10)17-11-7-12(14)13(15)16-8-11/h7-10,17H,3-6H2,1-2H3. The van der Waals surface area contributed by atoms with Crippen LogP contribution in [0, 0.1) is 5.92 Å². The summed E-state index contributed by atoms with van der Waals surface area (Å²) in [5, 5.41) is 4.03. The number of halogens is 2. The van der Waals surface area contributed by atoms with Crippen molar-refractivity contribution < 1.29 is 0 Å². The van der Waals surface area contributed by atoms with E-state index in [0.717, 1.165) is 16.1 Å². The summed E-state index contributed by atoms with van der Waals surface area (Å²) in [6.45, 7) is 4.64. The first-order valence-electron chi connectivity index (χ1n) is 6.32. The van der Waals surface area contributed by atoms with Gasteiger partial charge in [-0.3, -0.25) is 0 Å². The molecule has 0 radical (unpaired) electrons. The number of likely N-dealkylation sites (tertiary alicyclic amines) is 1. The Morgan fingerprint density at radius 1 is 1.50 bits per heavy atom. The van der Waals surface area contributed by atoms with Crippen molar-refractivity contribution in [3.8, 4) is 0 Å². The second-order valence-corrected chi connectivity index (χ2v) is 6.28. The average molecular weight is 333 g/mol. The second-order valence-electron chi connectivity index (χ2n) is 5.07. The SMILES string of the molecule is CC(Nc1cnc(Cl)c(Br)c1)C1CCN(C)CC1. The number of nitrogens with one attached hydrogen (secondary N) is 1. The van der Waals surface area contributed by atoms with Crippen LogP contribution in [0.5, 0.6) is 0 Å². The topological polar surface area (TPSA) is 28.2 Å². The molecule has 18 heavy (non-hydrogen) atoms. The molecule has 0 saturated carbocycles. The van der Waals surface area contributed by atoms with Crippen LogP contribution < -0.4 is 5.32 Å². The van der Waals surface area contributed by atoms with Crippen molar-refractivity contribution in [2.75, 3.05) is 25.5 Å². The van der Waals surface area contributed by atoms with Crippen LogP contribution in [-0.2, 0) is 0 Å². The molecule has 1 aliphatic rings. The van der Waals surface area contributed by atoms with Crippen molar-refractivity contribution in [1.82, 2.24) is 9.88 Å². The minimum atomic E-state index is 0.466. The van der Waals surface area contributed by atoms with E-state index in [-0.39, 0.29) is 0 Å². The zero-order valence-corrected chi connectivity index (χ0v) is 13.1. The van der Waals surface area contributed by atoms with Crippen LogP contribution >= 0.6 is 27.5 Å². The number of nitrogens with zero attached hydrogens (tertiary/aromatic N) is 2. The monoisotopic (exact) mass is 331 g/mol. The van der Waals surface area contributed by atoms with Crippen molar-refractivity contribution in [1.29, 1.82) is 0 Å². The fraction of sp³-hybridized carbons (Fsp3) is 0.615. The molecule has 1 unspecified atom stereocenters. The van der Waals surface area contributed by atoms with Gasteiger partial charge in [0.25, 0.3) is 0 Å². The molecule has 0 aliphatic carbocycles. The van der Waals surface area contributed by atoms with Crippen molar-refractivity contribution in [2.45, 2.75) is 25.8 Å². The predicted molar refractivity (Wildman–Crippen MR) is 80.3 cm³/mol. The highest BCUT2D eigenvalue weighted by Gasteiger charge is 2.22. The Labute approximate surface area is 122 Å². The van der Waals surface area contributed by atoms with E-state index in [1.165, 1.54) is 25.9 Å². The van der Waals surface area contributed by atoms with Crippen LogP contribution in [0.25, 0.3) is 0 Å². The molecule has 0 spiro atoms. The fourth-order valence-corrected chi connectivity index (χ4v) is 2.86. The van der Waals surface area contributed by atoms with Gasteiger partial charge in [-0.2, -0.15) is 0 Å². The summed E-state index contributed by atoms with van der Waals surface area (Å²) < 4.78 is 0.838. The highest BCUT2D eigenvalue weighted by Crippen LogP contribution is 2.26. The van der Waals surface area contributed by atoms with Crippen molar-refractivity contribution in [3.63, 3.8) is 0 Å². The molecule has 1 fully saturated rings. The van der Waals surface area contributed by atoms with Gasteiger partial charge in [0.2, 0.25) is 0 Å². The number of aromatic nitrogens is 1. The molecule has 5 heteroatoms. The zero-order valence-electron chi connectivity index (χ0n) is 10.8. The number of hydrogen-bond donors (Lipinski definition) is 1. The summed E-state index contributed by atoms with van der Waals surface area (Å²) >= 11 is 9.29. The maximum atomic E-state index is 5.89. The molecule has 1 aromatic heterocycles. The van der Waals surface area contributed by atoms with Crippen molar-refractivity contribution in [2.24, 2.45) is 5.92 Å². The first-order valence-corrected chi connectivity index (χ1v) is 7.49. The van der Waals surface area contributed by atoms with Crippen LogP contribution in [-0.4, -0.2) is 36.1 Å². The quantitative estimate of drug-likeness (QED) is 0.857. The first-order chi connectivity index (χ1) is 8.56. The molecule has 2 rings (SSSR count). The van der Waals surface area contributed by atoms with Crippen LogP contribution in [0.15, 0.2) is 16.7 Å². The summed E-state index contributed by atoms with van der Waals surface area (Å²) in [7, 11) is 2.19. The number of hydrogen-bond acceptors (Lipinski definition) is 3. The summed E-state index contributed by atoms with van der Waals surface area (Å²) in [6, 6.07) is 2.45. The van der Waals surface area contributed by atoms with E-state index < -0.39 is 0 Å². The third-order valence-electron chi connectivity index (χ3n) is 3.66. The van der Waals surface area contributed by atoms with Gasteiger partial charge in [-0.05, 0) is 67.8 Å². The number of piperidine rings is 1. The Balaban J connectivity index is 1.94. The Hall–Kier alpha value is -0.320. The molecule has 1 aromatic rings. The lowest BCUT2D eigenvalue weighted by Crippen LogP contribution is -2.37. The van der Waals surface area contributed by atoms with Gasteiger partial charge in [-0.15, -0.1) is 0 Å². The van der Waals surface area contributed by atoms with Crippen LogP contribution in [0.2, 0.25) is 5.15 Å². The van der Waals surface area contributed by atoms with Gasteiger partial charge in [0, 0.05) is 6.04 Å². The molecular formula is C13H19BrClN3. The summed E-state index contributed by atoms with van der Waals surface area (Å²) in [4.78, 5) is 6.53. The van der Waals surface area contributed by atoms with E-state index >= 15 is 0 Å². The minimum Gasteiger partial charge on any atom is -0.381 e. The van der Waals surface area contributed by atoms with Gasteiger partial charge in [-0.1, -0.05) is 11.6 Å². The van der Waals surface area contributed by atoms with E-state index in [9.17, 15) is 0 Å². The lowest BCUT2D eigenvalue weighted by atomic mass is 9.90. The molecular weight excluding hydrogens is 314 g/mol. The molecule has 1 N–H and O–H groups in total. The average Bonchev–Trinajstić information content (AvgIpc) is 2.34. The smallest absolute Gasteiger partial charge is 0.143 e. The number of rotatable bonds is 3. The Morgan fingerprint density at radius 3 is 2.78 bits per heavy atom. The van der Waals surface area contributed by atoms with Gasteiger partial charge in [-0.25, -0.2) is 4.98 Å². The number of anilines is 1. The van der Waals surface area contributed by atoms with E-state index in [1.54, 1.807) is 6.20 Å². The third-order valence-corrected chi connectivity index (χ3v) is 4.79. The highest BCUT2D eigenvalue weighted by molar-refractivity contribution is 9.10. The molecule has 0 aromatic carbocycles. The van der Waals surface area contributed by atoms with Crippen molar-refractivity contribution >= 4 is 33.2 Å². The minimum absolute atomic E-state index is 0.466. The molecule has 100 valence electrons.